The van der Waals surface area contributed by atoms with Crippen molar-refractivity contribution in [2.75, 3.05) is 19.0 Å². The second-order valence-corrected chi connectivity index (χ2v) is 6.07. The molecule has 1 heterocycles. The molecule has 0 unspecified atom stereocenters. The molecule has 0 spiro atoms. The van der Waals surface area contributed by atoms with E-state index in [-0.39, 0.29) is 0 Å². The van der Waals surface area contributed by atoms with Crippen molar-refractivity contribution in [1.82, 2.24) is 9.97 Å². The second kappa shape index (κ2) is 6.70. The van der Waals surface area contributed by atoms with Crippen molar-refractivity contribution in [1.29, 1.82) is 0 Å². The maximum absolute atomic E-state index is 10.5. The van der Waals surface area contributed by atoms with Gasteiger partial charge in [0.25, 0.3) is 0 Å². The van der Waals surface area contributed by atoms with E-state index in [4.69, 9.17) is 16.3 Å². The average molecular weight is 300 g/mol. The van der Waals surface area contributed by atoms with Gasteiger partial charge in [-0.1, -0.05) is 18.5 Å². The van der Waals surface area contributed by atoms with Crippen LogP contribution in [-0.4, -0.2) is 34.3 Å². The van der Waals surface area contributed by atoms with Crippen molar-refractivity contribution < 1.29 is 9.84 Å². The number of aliphatic hydroxyl groups is 1. The zero-order valence-electron chi connectivity index (χ0n) is 12.0. The van der Waals surface area contributed by atoms with Crippen molar-refractivity contribution in [2.45, 2.75) is 44.8 Å². The van der Waals surface area contributed by atoms with E-state index in [9.17, 15) is 5.11 Å². The molecule has 1 aromatic rings. The third-order valence-electron chi connectivity index (χ3n) is 3.82. The number of rotatable bonds is 5. The van der Waals surface area contributed by atoms with E-state index < -0.39 is 5.60 Å². The summed E-state index contributed by atoms with van der Waals surface area (Å²) in [4.78, 5) is 8.38. The summed E-state index contributed by atoms with van der Waals surface area (Å²) in [5.41, 5.74) is -0.647. The largest absolute Gasteiger partial charge is 0.388 e. The Labute approximate surface area is 124 Å². The van der Waals surface area contributed by atoms with Gasteiger partial charge in [0.05, 0.1) is 5.60 Å². The highest BCUT2D eigenvalue weighted by Crippen LogP contribution is 2.31. The lowest BCUT2D eigenvalue weighted by Crippen LogP contribution is -2.40. The SMILES string of the molecule is COCc1nc(Cl)cc(NCC2(O)CCC(C)CC2)n1. The van der Waals surface area contributed by atoms with Crippen LogP contribution in [0.2, 0.25) is 5.15 Å². The Balaban J connectivity index is 1.96. The molecule has 0 aliphatic heterocycles. The molecular formula is C14H22ClN3O2. The van der Waals surface area contributed by atoms with Crippen LogP contribution in [0.4, 0.5) is 5.82 Å². The monoisotopic (exact) mass is 299 g/mol. The van der Waals surface area contributed by atoms with E-state index in [1.54, 1.807) is 13.2 Å². The smallest absolute Gasteiger partial charge is 0.158 e. The van der Waals surface area contributed by atoms with Crippen LogP contribution in [0, 0.1) is 5.92 Å². The Bertz CT molecular complexity index is 448. The molecule has 20 heavy (non-hydrogen) atoms. The summed E-state index contributed by atoms with van der Waals surface area (Å²) >= 11 is 5.95. The van der Waals surface area contributed by atoms with Gasteiger partial charge in [0, 0.05) is 19.7 Å². The first-order chi connectivity index (χ1) is 9.50. The first kappa shape index (κ1) is 15.5. The van der Waals surface area contributed by atoms with Crippen molar-refractivity contribution in [2.24, 2.45) is 5.92 Å². The minimum Gasteiger partial charge on any atom is -0.388 e. The Morgan fingerprint density at radius 3 is 2.80 bits per heavy atom. The second-order valence-electron chi connectivity index (χ2n) is 5.69. The molecule has 6 heteroatoms. The molecule has 1 fully saturated rings. The van der Waals surface area contributed by atoms with E-state index in [1.807, 2.05) is 0 Å². The molecule has 1 aliphatic rings. The molecule has 5 nitrogen and oxygen atoms in total. The van der Waals surface area contributed by atoms with Crippen molar-refractivity contribution >= 4 is 17.4 Å². The van der Waals surface area contributed by atoms with Gasteiger partial charge < -0.3 is 15.2 Å². The number of hydrogen-bond donors (Lipinski definition) is 2. The zero-order chi connectivity index (χ0) is 14.6. The topological polar surface area (TPSA) is 67.3 Å². The predicted molar refractivity (Wildman–Crippen MR) is 78.8 cm³/mol. The molecule has 2 N–H and O–H groups in total. The highest BCUT2D eigenvalue weighted by molar-refractivity contribution is 6.29. The van der Waals surface area contributed by atoms with Gasteiger partial charge in [-0.15, -0.1) is 0 Å². The van der Waals surface area contributed by atoms with Crippen LogP contribution in [0.25, 0.3) is 0 Å². The maximum Gasteiger partial charge on any atom is 0.158 e. The number of methoxy groups -OCH3 is 1. The van der Waals surface area contributed by atoms with E-state index in [2.05, 4.69) is 22.2 Å². The molecule has 112 valence electrons. The molecule has 2 rings (SSSR count). The Hall–Kier alpha value is -0.910. The summed E-state index contributed by atoms with van der Waals surface area (Å²) in [6.07, 6.45) is 3.78. The first-order valence-electron chi connectivity index (χ1n) is 6.99. The predicted octanol–water partition coefficient (Wildman–Crippen LogP) is 2.63. The molecule has 1 saturated carbocycles. The molecule has 1 aliphatic carbocycles. The molecule has 0 saturated heterocycles. The Kier molecular flexibility index (Phi) is 5.18. The molecule has 1 aromatic heterocycles. The molecule has 0 amide bonds. The summed E-state index contributed by atoms with van der Waals surface area (Å²) in [5.74, 6) is 1.87. The molecular weight excluding hydrogens is 278 g/mol. The minimum absolute atomic E-state index is 0.316. The minimum atomic E-state index is -0.647. The molecule has 0 aromatic carbocycles. The van der Waals surface area contributed by atoms with E-state index in [0.717, 1.165) is 25.7 Å². The molecule has 0 radical (unpaired) electrons. The lowest BCUT2D eigenvalue weighted by Gasteiger charge is -2.35. The van der Waals surface area contributed by atoms with Gasteiger partial charge in [0.2, 0.25) is 0 Å². The molecule has 0 bridgehead atoms. The van der Waals surface area contributed by atoms with Crippen LogP contribution in [0.1, 0.15) is 38.4 Å². The number of nitrogens with one attached hydrogen (secondary N) is 1. The fourth-order valence-electron chi connectivity index (χ4n) is 2.48. The van der Waals surface area contributed by atoms with E-state index >= 15 is 0 Å². The number of halogens is 1. The van der Waals surface area contributed by atoms with Crippen molar-refractivity contribution in [3.05, 3.63) is 17.0 Å². The van der Waals surface area contributed by atoms with Crippen LogP contribution in [0.15, 0.2) is 6.07 Å². The standard InChI is InChI=1S/C14H22ClN3O2/c1-10-3-5-14(19,6-4-10)9-16-12-7-11(15)17-13(18-12)8-20-2/h7,10,19H,3-6,8-9H2,1-2H3,(H,16,17,18). The van der Waals surface area contributed by atoms with Gasteiger partial charge in [-0.25, -0.2) is 9.97 Å². The van der Waals surface area contributed by atoms with E-state index in [0.29, 0.717) is 35.9 Å². The summed E-state index contributed by atoms with van der Waals surface area (Å²) in [6, 6.07) is 1.66. The van der Waals surface area contributed by atoms with Crippen molar-refractivity contribution in [3.8, 4) is 0 Å². The van der Waals surface area contributed by atoms with Gasteiger partial charge in [0.15, 0.2) is 5.82 Å². The fraction of sp³-hybridized carbons (Fsp3) is 0.714. The summed E-state index contributed by atoms with van der Waals surface area (Å²) in [5, 5.41) is 14.1. The van der Waals surface area contributed by atoms with Crippen LogP contribution in [-0.2, 0) is 11.3 Å². The lowest BCUT2D eigenvalue weighted by atomic mass is 9.79. The normalized spacial score (nSPS) is 26.5. The van der Waals surface area contributed by atoms with Gasteiger partial charge in [-0.2, -0.15) is 0 Å². The number of anilines is 1. The van der Waals surface area contributed by atoms with Crippen LogP contribution < -0.4 is 5.32 Å². The summed E-state index contributed by atoms with van der Waals surface area (Å²) in [6.45, 7) is 3.03. The average Bonchev–Trinajstić information content (AvgIpc) is 2.40. The summed E-state index contributed by atoms with van der Waals surface area (Å²) < 4.78 is 5.00. The highest BCUT2D eigenvalue weighted by Gasteiger charge is 2.31. The number of hydrogen-bond acceptors (Lipinski definition) is 5. The van der Waals surface area contributed by atoms with Crippen LogP contribution in [0.5, 0.6) is 0 Å². The van der Waals surface area contributed by atoms with Crippen LogP contribution in [0.3, 0.4) is 0 Å². The highest BCUT2D eigenvalue weighted by atomic mass is 35.5. The first-order valence-corrected chi connectivity index (χ1v) is 7.37. The van der Waals surface area contributed by atoms with E-state index in [1.165, 1.54) is 0 Å². The fourth-order valence-corrected chi connectivity index (χ4v) is 2.68. The number of ether oxygens (including phenoxy) is 1. The number of aromatic nitrogens is 2. The van der Waals surface area contributed by atoms with Crippen LogP contribution >= 0.6 is 11.6 Å². The Morgan fingerprint density at radius 2 is 2.15 bits per heavy atom. The van der Waals surface area contributed by atoms with Gasteiger partial charge >= 0.3 is 0 Å². The van der Waals surface area contributed by atoms with Gasteiger partial charge in [-0.05, 0) is 31.6 Å². The summed E-state index contributed by atoms with van der Waals surface area (Å²) in [7, 11) is 1.59. The zero-order valence-corrected chi connectivity index (χ0v) is 12.8. The number of nitrogens with zero attached hydrogens (tertiary/aromatic N) is 2. The third kappa shape index (κ3) is 4.30. The Morgan fingerprint density at radius 1 is 1.45 bits per heavy atom. The van der Waals surface area contributed by atoms with Crippen molar-refractivity contribution in [3.63, 3.8) is 0 Å². The lowest BCUT2D eigenvalue weighted by molar-refractivity contribution is 0.00494. The van der Waals surface area contributed by atoms with Gasteiger partial charge in [-0.3, -0.25) is 0 Å². The van der Waals surface area contributed by atoms with Gasteiger partial charge in [0.1, 0.15) is 17.6 Å². The maximum atomic E-state index is 10.5. The third-order valence-corrected chi connectivity index (χ3v) is 4.01. The molecule has 0 atom stereocenters. The quantitative estimate of drug-likeness (QED) is 0.818.